The van der Waals surface area contributed by atoms with Gasteiger partial charge < -0.3 is 4.74 Å². The van der Waals surface area contributed by atoms with Gasteiger partial charge in [0, 0.05) is 6.42 Å². The molecule has 2 heteroatoms. The Morgan fingerprint density at radius 1 is 0.895 bits per heavy atom. The third-order valence-corrected chi connectivity index (χ3v) is 3.58. The molecule has 1 atom stereocenters. The second-order valence-corrected chi connectivity index (χ2v) is 5.79. The van der Waals surface area contributed by atoms with Crippen molar-refractivity contribution in [2.75, 3.05) is 6.61 Å². The molecule has 0 saturated carbocycles. The first kappa shape index (κ1) is 18.5. The minimum absolute atomic E-state index is 0.0103. The first-order valence-corrected chi connectivity index (χ1v) is 8.36. The van der Waals surface area contributed by atoms with Gasteiger partial charge in [-0.1, -0.05) is 78.6 Å². The quantitative estimate of drug-likeness (QED) is 0.326. The fraction of sp³-hybridized carbons (Fsp3) is 0.941. The molecule has 0 heterocycles. The molecule has 114 valence electrons. The maximum Gasteiger partial charge on any atom is 0.306 e. The van der Waals surface area contributed by atoms with Crippen LogP contribution in [0.3, 0.4) is 0 Å². The van der Waals surface area contributed by atoms with Crippen LogP contribution in [-0.4, -0.2) is 12.6 Å². The van der Waals surface area contributed by atoms with Crippen LogP contribution in [0.5, 0.6) is 0 Å². The molecule has 0 radical (unpaired) electrons. The smallest absolute Gasteiger partial charge is 0.306 e. The zero-order valence-electron chi connectivity index (χ0n) is 13.4. The molecule has 0 spiro atoms. The molecule has 0 aliphatic rings. The fourth-order valence-electron chi connectivity index (χ4n) is 2.23. The third kappa shape index (κ3) is 13.7. The number of rotatable bonds is 13. The number of ether oxygens (including phenoxy) is 1. The highest BCUT2D eigenvalue weighted by Crippen LogP contribution is 2.15. The first-order chi connectivity index (χ1) is 9.20. The van der Waals surface area contributed by atoms with Crippen molar-refractivity contribution >= 4 is 5.97 Å². The molecule has 0 aliphatic carbocycles. The molecule has 0 aromatic rings. The number of carbonyl (C=O) groups is 1. The van der Waals surface area contributed by atoms with Crippen LogP contribution >= 0.6 is 0 Å². The predicted octanol–water partition coefficient (Wildman–Crippen LogP) is 5.50. The molecule has 1 unspecified atom stereocenters. The van der Waals surface area contributed by atoms with E-state index in [0.717, 1.165) is 19.3 Å². The van der Waals surface area contributed by atoms with E-state index in [4.69, 9.17) is 4.74 Å². The third-order valence-electron chi connectivity index (χ3n) is 3.58. The summed E-state index contributed by atoms with van der Waals surface area (Å²) in [6.45, 7) is 7.12. The van der Waals surface area contributed by atoms with Gasteiger partial charge in [0.15, 0.2) is 0 Å². The molecule has 0 bridgehead atoms. The normalized spacial score (nSPS) is 12.4. The van der Waals surface area contributed by atoms with Gasteiger partial charge in [-0.3, -0.25) is 4.79 Å². The lowest BCUT2D eigenvalue weighted by Crippen LogP contribution is -2.10. The van der Waals surface area contributed by atoms with E-state index in [1.807, 2.05) is 0 Å². The van der Waals surface area contributed by atoms with E-state index in [2.05, 4.69) is 20.8 Å². The number of carbonyl (C=O) groups excluding carboxylic acids is 1. The summed E-state index contributed by atoms with van der Waals surface area (Å²) < 4.78 is 5.19. The Labute approximate surface area is 120 Å². The van der Waals surface area contributed by atoms with Crippen molar-refractivity contribution in [3.8, 4) is 0 Å². The van der Waals surface area contributed by atoms with Gasteiger partial charge in [0.05, 0.1) is 6.61 Å². The number of unbranched alkanes of at least 4 members (excludes halogenated alkanes) is 7. The molecular formula is C17H34O2. The Morgan fingerprint density at radius 2 is 1.47 bits per heavy atom. The van der Waals surface area contributed by atoms with Gasteiger partial charge in [-0.2, -0.15) is 0 Å². The first-order valence-electron chi connectivity index (χ1n) is 8.36. The zero-order valence-corrected chi connectivity index (χ0v) is 13.4. The Morgan fingerprint density at radius 3 is 2.11 bits per heavy atom. The summed E-state index contributed by atoms with van der Waals surface area (Å²) in [7, 11) is 0. The van der Waals surface area contributed by atoms with E-state index < -0.39 is 0 Å². The number of hydrogen-bond acceptors (Lipinski definition) is 2. The van der Waals surface area contributed by atoms with Crippen LogP contribution in [0.4, 0.5) is 0 Å². The van der Waals surface area contributed by atoms with Crippen molar-refractivity contribution in [1.29, 1.82) is 0 Å². The van der Waals surface area contributed by atoms with Crippen molar-refractivity contribution in [3.63, 3.8) is 0 Å². The molecule has 0 aromatic heterocycles. The summed E-state index contributed by atoms with van der Waals surface area (Å²) in [6, 6.07) is 0. The number of hydrogen-bond donors (Lipinski definition) is 0. The molecule has 0 aromatic carbocycles. The van der Waals surface area contributed by atoms with Gasteiger partial charge in [-0.15, -0.1) is 0 Å². The van der Waals surface area contributed by atoms with Gasteiger partial charge in [0.2, 0.25) is 0 Å². The Hall–Kier alpha value is -0.530. The van der Waals surface area contributed by atoms with Gasteiger partial charge in [-0.25, -0.2) is 0 Å². The standard InChI is InChI=1S/C17H34O2/c1-4-6-8-9-10-11-12-13-16(3)15-17(18)19-14-7-5-2/h16H,4-15H2,1-3H3. The molecule has 0 fully saturated rings. The topological polar surface area (TPSA) is 26.3 Å². The largest absolute Gasteiger partial charge is 0.466 e. The van der Waals surface area contributed by atoms with Crippen molar-refractivity contribution < 1.29 is 9.53 Å². The average Bonchev–Trinajstić information content (AvgIpc) is 2.38. The highest BCUT2D eigenvalue weighted by atomic mass is 16.5. The Balaban J connectivity index is 3.33. The lowest BCUT2D eigenvalue weighted by molar-refractivity contribution is -0.144. The maximum absolute atomic E-state index is 11.5. The van der Waals surface area contributed by atoms with E-state index in [9.17, 15) is 4.79 Å². The van der Waals surface area contributed by atoms with Crippen LogP contribution < -0.4 is 0 Å². The highest BCUT2D eigenvalue weighted by molar-refractivity contribution is 5.69. The van der Waals surface area contributed by atoms with Gasteiger partial charge in [0.1, 0.15) is 0 Å². The van der Waals surface area contributed by atoms with Crippen LogP contribution in [0.1, 0.15) is 91.4 Å². The monoisotopic (exact) mass is 270 g/mol. The summed E-state index contributed by atoms with van der Waals surface area (Å²) in [5.74, 6) is 0.466. The van der Waals surface area contributed by atoms with Crippen molar-refractivity contribution in [2.45, 2.75) is 91.4 Å². The Bertz CT molecular complexity index is 201. The number of esters is 1. The van der Waals surface area contributed by atoms with Crippen molar-refractivity contribution in [1.82, 2.24) is 0 Å². The van der Waals surface area contributed by atoms with Gasteiger partial charge in [0.25, 0.3) is 0 Å². The SMILES string of the molecule is CCCCCCCCCC(C)CC(=O)OCCCC. The summed E-state index contributed by atoms with van der Waals surface area (Å²) >= 11 is 0. The highest BCUT2D eigenvalue weighted by Gasteiger charge is 2.09. The van der Waals surface area contributed by atoms with Crippen LogP contribution in [0.25, 0.3) is 0 Å². The van der Waals surface area contributed by atoms with Crippen LogP contribution in [0, 0.1) is 5.92 Å². The van der Waals surface area contributed by atoms with E-state index in [1.165, 1.54) is 44.9 Å². The van der Waals surface area contributed by atoms with Gasteiger partial charge >= 0.3 is 5.97 Å². The molecule has 0 aliphatic heterocycles. The van der Waals surface area contributed by atoms with Crippen molar-refractivity contribution in [3.05, 3.63) is 0 Å². The minimum Gasteiger partial charge on any atom is -0.466 e. The predicted molar refractivity (Wildman–Crippen MR) is 82.3 cm³/mol. The molecule has 0 rings (SSSR count). The van der Waals surface area contributed by atoms with Crippen LogP contribution in [0.15, 0.2) is 0 Å². The second kappa shape index (κ2) is 13.9. The van der Waals surface area contributed by atoms with Crippen molar-refractivity contribution in [2.24, 2.45) is 5.92 Å². The molecule has 0 saturated heterocycles. The van der Waals surface area contributed by atoms with Crippen LogP contribution in [-0.2, 0) is 9.53 Å². The molecule has 2 nitrogen and oxygen atoms in total. The van der Waals surface area contributed by atoms with E-state index in [-0.39, 0.29) is 5.97 Å². The molecule has 0 N–H and O–H groups in total. The minimum atomic E-state index is -0.0103. The molecule has 19 heavy (non-hydrogen) atoms. The average molecular weight is 270 g/mol. The summed E-state index contributed by atoms with van der Waals surface area (Å²) in [4.78, 5) is 11.5. The van der Waals surface area contributed by atoms with E-state index in [1.54, 1.807) is 0 Å². The lowest BCUT2D eigenvalue weighted by Gasteiger charge is -2.10. The van der Waals surface area contributed by atoms with E-state index in [0.29, 0.717) is 18.9 Å². The summed E-state index contributed by atoms with van der Waals surface area (Å²) in [6.07, 6.45) is 13.2. The van der Waals surface area contributed by atoms with Crippen LogP contribution in [0.2, 0.25) is 0 Å². The lowest BCUT2D eigenvalue weighted by atomic mass is 9.99. The maximum atomic E-state index is 11.5. The second-order valence-electron chi connectivity index (χ2n) is 5.79. The Kier molecular flexibility index (Phi) is 13.5. The fourth-order valence-corrected chi connectivity index (χ4v) is 2.23. The van der Waals surface area contributed by atoms with Gasteiger partial charge in [-0.05, 0) is 12.3 Å². The van der Waals surface area contributed by atoms with E-state index >= 15 is 0 Å². The summed E-state index contributed by atoms with van der Waals surface area (Å²) in [5.41, 5.74) is 0. The molecule has 0 amide bonds. The summed E-state index contributed by atoms with van der Waals surface area (Å²) in [5, 5.41) is 0. The molecular weight excluding hydrogens is 236 g/mol. The zero-order chi connectivity index (χ0) is 14.3.